The fourth-order valence-electron chi connectivity index (χ4n) is 2.39. The molecule has 4 heteroatoms. The van der Waals surface area contributed by atoms with E-state index >= 15 is 0 Å². The molecule has 1 heterocycles. The number of hydrogen-bond donors (Lipinski definition) is 3. The maximum Gasteiger partial charge on any atom is 0.120 e. The second-order valence-electron chi connectivity index (χ2n) is 5.07. The minimum absolute atomic E-state index is 0.242. The average molecular weight is 279 g/mol. The molecule has 0 saturated carbocycles. The minimum Gasteiger partial charge on any atom is -0.508 e. The SMILES string of the molecule is Cc1cc(NCc2cc(N)ccc2O)c2ccccc2n1. The summed E-state index contributed by atoms with van der Waals surface area (Å²) in [5.74, 6) is 0.242. The molecule has 3 aromatic rings. The van der Waals surface area contributed by atoms with Crippen molar-refractivity contribution in [2.24, 2.45) is 0 Å². The molecule has 0 saturated heterocycles. The Balaban J connectivity index is 1.93. The third kappa shape index (κ3) is 2.74. The standard InChI is InChI=1S/C17H17N3O/c1-11-8-16(14-4-2-3-5-15(14)20-11)19-10-12-9-13(18)6-7-17(12)21/h2-9,21H,10,18H2,1H3,(H,19,20). The fourth-order valence-corrected chi connectivity index (χ4v) is 2.39. The van der Waals surface area contributed by atoms with Gasteiger partial charge in [0.2, 0.25) is 0 Å². The van der Waals surface area contributed by atoms with E-state index in [1.54, 1.807) is 18.2 Å². The normalized spacial score (nSPS) is 10.7. The molecule has 1 aromatic heterocycles. The summed E-state index contributed by atoms with van der Waals surface area (Å²) in [6, 6.07) is 15.1. The van der Waals surface area contributed by atoms with E-state index in [4.69, 9.17) is 5.73 Å². The van der Waals surface area contributed by atoms with Gasteiger partial charge in [0.25, 0.3) is 0 Å². The number of aromatic hydroxyl groups is 1. The first-order chi connectivity index (χ1) is 10.1. The number of nitrogens with zero attached hydrogens (tertiary/aromatic N) is 1. The van der Waals surface area contributed by atoms with Crippen LogP contribution in [0.3, 0.4) is 0 Å². The highest BCUT2D eigenvalue weighted by Crippen LogP contribution is 2.25. The number of anilines is 2. The average Bonchev–Trinajstić information content (AvgIpc) is 2.47. The van der Waals surface area contributed by atoms with Gasteiger partial charge in [-0.25, -0.2) is 0 Å². The van der Waals surface area contributed by atoms with Gasteiger partial charge in [-0.3, -0.25) is 4.98 Å². The molecular weight excluding hydrogens is 262 g/mol. The van der Waals surface area contributed by atoms with Crippen molar-refractivity contribution in [2.45, 2.75) is 13.5 Å². The van der Waals surface area contributed by atoms with E-state index < -0.39 is 0 Å². The Kier molecular flexibility index (Phi) is 3.36. The Labute approximate surface area is 123 Å². The predicted octanol–water partition coefficient (Wildman–Crippen LogP) is 3.44. The Morgan fingerprint density at radius 3 is 2.81 bits per heavy atom. The third-order valence-electron chi connectivity index (χ3n) is 3.42. The summed E-state index contributed by atoms with van der Waals surface area (Å²) in [7, 11) is 0. The van der Waals surface area contributed by atoms with Gasteiger partial charge in [-0.2, -0.15) is 0 Å². The summed E-state index contributed by atoms with van der Waals surface area (Å²) in [5.41, 5.74) is 10.1. The summed E-state index contributed by atoms with van der Waals surface area (Å²) < 4.78 is 0. The van der Waals surface area contributed by atoms with Crippen molar-refractivity contribution in [2.75, 3.05) is 11.1 Å². The van der Waals surface area contributed by atoms with Crippen molar-refractivity contribution in [3.63, 3.8) is 0 Å². The van der Waals surface area contributed by atoms with Crippen molar-refractivity contribution < 1.29 is 5.11 Å². The lowest BCUT2D eigenvalue weighted by Crippen LogP contribution is -2.02. The number of phenols is 1. The minimum atomic E-state index is 0.242. The Hall–Kier alpha value is -2.75. The van der Waals surface area contributed by atoms with Crippen LogP contribution in [0, 0.1) is 6.92 Å². The molecule has 3 rings (SSSR count). The molecule has 0 amide bonds. The van der Waals surface area contributed by atoms with Crippen molar-refractivity contribution in [1.29, 1.82) is 0 Å². The molecule has 0 fully saturated rings. The number of hydrogen-bond acceptors (Lipinski definition) is 4. The first-order valence-electron chi connectivity index (χ1n) is 6.81. The molecule has 0 bridgehead atoms. The van der Waals surface area contributed by atoms with Gasteiger partial charge in [-0.1, -0.05) is 18.2 Å². The number of rotatable bonds is 3. The molecule has 0 spiro atoms. The van der Waals surface area contributed by atoms with Crippen LogP contribution in [0.4, 0.5) is 11.4 Å². The van der Waals surface area contributed by atoms with Gasteiger partial charge < -0.3 is 16.2 Å². The van der Waals surface area contributed by atoms with Gasteiger partial charge in [0.15, 0.2) is 0 Å². The maximum absolute atomic E-state index is 9.87. The summed E-state index contributed by atoms with van der Waals surface area (Å²) in [6.07, 6.45) is 0. The van der Waals surface area contributed by atoms with E-state index in [1.165, 1.54) is 0 Å². The van der Waals surface area contributed by atoms with E-state index in [2.05, 4.69) is 10.3 Å². The first-order valence-corrected chi connectivity index (χ1v) is 6.81. The molecule has 0 unspecified atom stereocenters. The van der Waals surface area contributed by atoms with Gasteiger partial charge in [0.05, 0.1) is 5.52 Å². The molecule has 4 N–H and O–H groups in total. The van der Waals surface area contributed by atoms with Crippen LogP contribution in [0.5, 0.6) is 5.75 Å². The second kappa shape index (κ2) is 5.32. The molecule has 21 heavy (non-hydrogen) atoms. The zero-order valence-corrected chi connectivity index (χ0v) is 11.8. The lowest BCUT2D eigenvalue weighted by Gasteiger charge is -2.12. The van der Waals surface area contributed by atoms with Gasteiger partial charge in [0.1, 0.15) is 5.75 Å². The number of pyridine rings is 1. The predicted molar refractivity (Wildman–Crippen MR) is 86.3 cm³/mol. The summed E-state index contributed by atoms with van der Waals surface area (Å²) in [5, 5.41) is 14.3. The number of para-hydroxylation sites is 1. The zero-order chi connectivity index (χ0) is 14.8. The van der Waals surface area contributed by atoms with Crippen molar-refractivity contribution >= 4 is 22.3 Å². The number of aromatic nitrogens is 1. The van der Waals surface area contributed by atoms with E-state index in [0.717, 1.165) is 27.8 Å². The summed E-state index contributed by atoms with van der Waals surface area (Å²) in [4.78, 5) is 4.51. The molecule has 0 aliphatic carbocycles. The van der Waals surface area contributed by atoms with Crippen LogP contribution in [-0.4, -0.2) is 10.1 Å². The highest BCUT2D eigenvalue weighted by atomic mass is 16.3. The maximum atomic E-state index is 9.87. The quantitative estimate of drug-likeness (QED) is 0.507. The van der Waals surface area contributed by atoms with E-state index in [-0.39, 0.29) is 5.75 Å². The Bertz CT molecular complexity index is 799. The highest BCUT2D eigenvalue weighted by molar-refractivity contribution is 5.91. The van der Waals surface area contributed by atoms with Crippen LogP contribution >= 0.6 is 0 Å². The van der Waals surface area contributed by atoms with E-state index in [1.807, 2.05) is 37.3 Å². The van der Waals surface area contributed by atoms with Gasteiger partial charge in [-0.05, 0) is 37.3 Å². The fraction of sp³-hybridized carbons (Fsp3) is 0.118. The molecular formula is C17H17N3O. The van der Waals surface area contributed by atoms with Gasteiger partial charge in [-0.15, -0.1) is 0 Å². The third-order valence-corrected chi connectivity index (χ3v) is 3.42. The molecule has 0 aliphatic rings. The van der Waals surface area contributed by atoms with E-state index in [9.17, 15) is 5.11 Å². The second-order valence-corrected chi connectivity index (χ2v) is 5.07. The lowest BCUT2D eigenvalue weighted by atomic mass is 10.1. The number of benzene rings is 2. The Morgan fingerprint density at radius 2 is 1.95 bits per heavy atom. The first kappa shape index (κ1) is 13.2. The highest BCUT2D eigenvalue weighted by Gasteiger charge is 2.05. The van der Waals surface area contributed by atoms with E-state index in [0.29, 0.717) is 12.2 Å². The zero-order valence-electron chi connectivity index (χ0n) is 11.8. The number of nitrogens with one attached hydrogen (secondary N) is 1. The number of nitrogens with two attached hydrogens (primary N) is 1. The summed E-state index contributed by atoms with van der Waals surface area (Å²) in [6.45, 7) is 2.47. The largest absolute Gasteiger partial charge is 0.508 e. The molecule has 0 radical (unpaired) electrons. The number of fused-ring (bicyclic) bond motifs is 1. The van der Waals surface area contributed by atoms with Crippen molar-refractivity contribution in [3.8, 4) is 5.75 Å². The van der Waals surface area contributed by atoms with Crippen LogP contribution in [0.2, 0.25) is 0 Å². The van der Waals surface area contributed by atoms with Crippen LogP contribution in [0.1, 0.15) is 11.3 Å². The monoisotopic (exact) mass is 279 g/mol. The lowest BCUT2D eigenvalue weighted by molar-refractivity contribution is 0.469. The van der Waals surface area contributed by atoms with Crippen molar-refractivity contribution in [3.05, 3.63) is 59.8 Å². The smallest absolute Gasteiger partial charge is 0.120 e. The number of nitrogen functional groups attached to an aromatic ring is 1. The van der Waals surface area contributed by atoms with Crippen molar-refractivity contribution in [1.82, 2.24) is 4.98 Å². The van der Waals surface area contributed by atoms with Crippen LogP contribution in [0.25, 0.3) is 10.9 Å². The molecule has 2 aromatic carbocycles. The molecule has 106 valence electrons. The number of phenolic OH excluding ortho intramolecular Hbond substituents is 1. The van der Waals surface area contributed by atoms with Gasteiger partial charge >= 0.3 is 0 Å². The van der Waals surface area contributed by atoms with Crippen LogP contribution < -0.4 is 11.1 Å². The topological polar surface area (TPSA) is 71.2 Å². The Morgan fingerprint density at radius 1 is 1.14 bits per heavy atom. The molecule has 0 aliphatic heterocycles. The number of aryl methyl sites for hydroxylation is 1. The van der Waals surface area contributed by atoms with Crippen LogP contribution in [0.15, 0.2) is 48.5 Å². The van der Waals surface area contributed by atoms with Gasteiger partial charge in [0, 0.05) is 34.6 Å². The molecule has 4 nitrogen and oxygen atoms in total. The summed E-state index contributed by atoms with van der Waals surface area (Å²) >= 11 is 0. The van der Waals surface area contributed by atoms with Crippen LogP contribution in [-0.2, 0) is 6.54 Å². The molecule has 0 atom stereocenters.